The summed E-state index contributed by atoms with van der Waals surface area (Å²) in [6.07, 6.45) is 3.07. The van der Waals surface area contributed by atoms with Crippen molar-refractivity contribution in [1.29, 1.82) is 10.8 Å². The fourth-order valence-corrected chi connectivity index (χ4v) is 9.36. The molecule has 3 heterocycles. The van der Waals surface area contributed by atoms with Gasteiger partial charge in [0.15, 0.2) is 11.9 Å². The molecule has 3 fully saturated rings. The molecule has 7 atom stereocenters. The Morgan fingerprint density at radius 1 is 0.645 bits per heavy atom. The van der Waals surface area contributed by atoms with Crippen molar-refractivity contribution in [2.75, 3.05) is 45.9 Å². The van der Waals surface area contributed by atoms with E-state index in [1.54, 1.807) is 60.7 Å². The number of carbonyl (C=O) groups excluding carboxylic acids is 8. The second-order valence-corrected chi connectivity index (χ2v) is 18.8. The second kappa shape index (κ2) is 29.1. The predicted octanol–water partition coefficient (Wildman–Crippen LogP) is -3.17. The number of carbonyl (C=O) groups is 9. The van der Waals surface area contributed by atoms with E-state index in [1.165, 1.54) is 9.80 Å². The molecule has 76 heavy (non-hydrogen) atoms. The fraction of sp³-hybridized carbons (Fsp3) is 0.531. The van der Waals surface area contributed by atoms with Crippen LogP contribution in [0.15, 0.2) is 60.7 Å². The van der Waals surface area contributed by atoms with Crippen LogP contribution in [-0.4, -0.2) is 183 Å². The number of nitrogens with two attached hydrogens (primary N) is 3. The SMILES string of the molecule is N=C(N)NCCCC(NC(=O)N(Cc1ccccc1)NC(=O)[C@@H]1CCCN1C(=O)[C@H](CO)NC(=O)[C@H](Cc1ccccc1)NC(=O)CNC(=O)[C@@H]1CCCN1C(=O)C1CCCN1C(=O)[C@@H](N)CCCNC(=N)N)C(=O)O. The van der Waals surface area contributed by atoms with Crippen molar-refractivity contribution in [2.45, 2.75) is 119 Å². The predicted molar refractivity (Wildman–Crippen MR) is 275 cm³/mol. The lowest BCUT2D eigenvalue weighted by atomic mass is 10.0. The van der Waals surface area contributed by atoms with Gasteiger partial charge in [-0.2, -0.15) is 0 Å². The molecule has 2 aromatic rings. The van der Waals surface area contributed by atoms with Crippen LogP contribution in [0.25, 0.3) is 0 Å². The van der Waals surface area contributed by atoms with Gasteiger partial charge in [-0.3, -0.25) is 49.8 Å². The van der Waals surface area contributed by atoms with Crippen LogP contribution in [0.2, 0.25) is 0 Å². The van der Waals surface area contributed by atoms with E-state index in [1.807, 2.05) is 0 Å². The third-order valence-electron chi connectivity index (χ3n) is 13.2. The first kappa shape index (κ1) is 58.8. The first-order valence-electron chi connectivity index (χ1n) is 25.4. The zero-order valence-corrected chi connectivity index (χ0v) is 42.3. The number of aliphatic carboxylic acids is 1. The average Bonchev–Trinajstić information content (AvgIpc) is 4.22. The Hall–Kier alpha value is -8.07. The third kappa shape index (κ3) is 17.3. The quantitative estimate of drug-likeness (QED) is 0.0202. The topological polar surface area (TPSA) is 417 Å². The standard InChI is InChI=1S/C49H72N16O11/c50-32(16-7-21-55-47(51)52)43(71)64-25-11-20-38(64)45(73)63-24-9-18-36(63)41(69)57-27-39(67)58-34(26-30-12-3-1-4-13-30)40(68)59-35(29-66)44(72)62-23-10-19-37(62)42(70)61-65(28-31-14-5-2-6-15-31)49(76)60-33(46(74)75)17-8-22-56-48(53)54/h1-6,12-15,32-38,66H,7-11,16-29,50H2,(H,57,69)(H,58,67)(H,59,68)(H,60,76)(H,61,70)(H,74,75)(H4,51,52,55)(H4,53,54,56)/t32-,33?,34-,35-,36-,37-,38?/m0/s1. The number of benzene rings is 2. The zero-order valence-electron chi connectivity index (χ0n) is 42.3. The number of aliphatic hydroxyl groups is 1. The highest BCUT2D eigenvalue weighted by molar-refractivity contribution is 5.97. The van der Waals surface area contributed by atoms with Gasteiger partial charge in [0.2, 0.25) is 35.4 Å². The van der Waals surface area contributed by atoms with E-state index in [2.05, 4.69) is 37.3 Å². The van der Waals surface area contributed by atoms with Gasteiger partial charge in [0.1, 0.15) is 36.3 Å². The summed E-state index contributed by atoms with van der Waals surface area (Å²) < 4.78 is 0. The number of aliphatic hydroxyl groups excluding tert-OH is 1. The molecule has 27 heteroatoms. The molecule has 27 nitrogen and oxygen atoms in total. The Morgan fingerprint density at radius 3 is 1.76 bits per heavy atom. The normalized spacial score (nSPS) is 18.5. The van der Waals surface area contributed by atoms with Crippen LogP contribution >= 0.6 is 0 Å². The number of amides is 9. The third-order valence-corrected chi connectivity index (χ3v) is 13.2. The number of carboxylic acids is 1. The number of likely N-dealkylation sites (tertiary alicyclic amines) is 3. The minimum atomic E-state index is -1.60. The molecule has 0 aliphatic carbocycles. The molecule has 0 saturated carbocycles. The Balaban J connectivity index is 1.20. The van der Waals surface area contributed by atoms with Crippen molar-refractivity contribution < 1.29 is 53.4 Å². The number of hydrogen-bond donors (Lipinski definition) is 14. The Labute approximate surface area is 439 Å². The van der Waals surface area contributed by atoms with Crippen molar-refractivity contribution in [1.82, 2.24) is 57.0 Å². The summed E-state index contributed by atoms with van der Waals surface area (Å²) in [5.74, 6) is -6.56. The highest BCUT2D eigenvalue weighted by Gasteiger charge is 2.44. The van der Waals surface area contributed by atoms with Crippen LogP contribution in [0.5, 0.6) is 0 Å². The Morgan fingerprint density at radius 2 is 1.18 bits per heavy atom. The minimum Gasteiger partial charge on any atom is -0.480 e. The van der Waals surface area contributed by atoms with Gasteiger partial charge in [0.05, 0.1) is 25.7 Å². The molecule has 0 aromatic heterocycles. The van der Waals surface area contributed by atoms with Crippen molar-refractivity contribution in [3.63, 3.8) is 0 Å². The highest BCUT2D eigenvalue weighted by atomic mass is 16.4. The van der Waals surface area contributed by atoms with Crippen molar-refractivity contribution in [2.24, 2.45) is 17.2 Å². The molecule has 9 amide bonds. The number of hydrogen-bond acceptors (Lipinski definition) is 13. The van der Waals surface area contributed by atoms with E-state index in [-0.39, 0.29) is 63.8 Å². The van der Waals surface area contributed by atoms with Crippen LogP contribution < -0.4 is 54.5 Å². The molecule has 5 rings (SSSR count). The van der Waals surface area contributed by atoms with Gasteiger partial charge in [0.25, 0.3) is 5.91 Å². The molecule has 17 N–H and O–H groups in total. The average molecular weight is 1060 g/mol. The van der Waals surface area contributed by atoms with Gasteiger partial charge in [-0.25, -0.2) is 14.6 Å². The van der Waals surface area contributed by atoms with Crippen LogP contribution in [0.1, 0.15) is 75.3 Å². The number of carboxylic acid groups (broad SMARTS) is 1. The number of hydrazine groups is 1. The number of rotatable bonds is 25. The number of urea groups is 1. The number of guanidine groups is 2. The molecule has 3 aliphatic rings. The van der Waals surface area contributed by atoms with Crippen LogP contribution in [-0.2, 0) is 51.3 Å². The fourth-order valence-electron chi connectivity index (χ4n) is 9.36. The largest absolute Gasteiger partial charge is 0.480 e. The van der Waals surface area contributed by atoms with E-state index < -0.39 is 109 Å². The number of nitrogens with one attached hydrogen (secondary N) is 9. The molecule has 0 radical (unpaired) electrons. The van der Waals surface area contributed by atoms with E-state index in [4.69, 9.17) is 28.0 Å². The van der Waals surface area contributed by atoms with E-state index >= 15 is 0 Å². The summed E-state index contributed by atoms with van der Waals surface area (Å²) in [4.78, 5) is 126. The number of nitrogens with zero attached hydrogens (tertiary/aromatic N) is 4. The van der Waals surface area contributed by atoms with Crippen molar-refractivity contribution in [3.05, 3.63) is 71.8 Å². The van der Waals surface area contributed by atoms with Crippen LogP contribution in [0, 0.1) is 10.8 Å². The maximum Gasteiger partial charge on any atom is 0.337 e. The monoisotopic (exact) mass is 1060 g/mol. The summed E-state index contributed by atoms with van der Waals surface area (Å²) in [6.45, 7) is -0.581. The summed E-state index contributed by atoms with van der Waals surface area (Å²) in [5.41, 5.74) is 20.5. The molecule has 3 aliphatic heterocycles. The molecular formula is C49H72N16O11. The first-order valence-corrected chi connectivity index (χ1v) is 25.4. The zero-order chi connectivity index (χ0) is 55.3. The van der Waals surface area contributed by atoms with Crippen molar-refractivity contribution in [3.8, 4) is 0 Å². The smallest absolute Gasteiger partial charge is 0.337 e. The summed E-state index contributed by atoms with van der Waals surface area (Å²) >= 11 is 0. The van der Waals surface area contributed by atoms with Gasteiger partial charge in [0, 0.05) is 39.1 Å². The first-order chi connectivity index (χ1) is 36.4. The van der Waals surface area contributed by atoms with Gasteiger partial charge >= 0.3 is 12.0 Å². The van der Waals surface area contributed by atoms with E-state index in [9.17, 15) is 53.4 Å². The Bertz CT molecular complexity index is 2380. The van der Waals surface area contributed by atoms with Crippen LogP contribution in [0.4, 0.5) is 4.79 Å². The van der Waals surface area contributed by atoms with Gasteiger partial charge in [-0.15, -0.1) is 0 Å². The van der Waals surface area contributed by atoms with Gasteiger partial charge in [-0.1, -0.05) is 60.7 Å². The second-order valence-electron chi connectivity index (χ2n) is 18.8. The lowest BCUT2D eigenvalue weighted by molar-refractivity contribution is -0.147. The van der Waals surface area contributed by atoms with E-state index in [0.29, 0.717) is 69.2 Å². The molecule has 2 aromatic carbocycles. The molecule has 2 unspecified atom stereocenters. The van der Waals surface area contributed by atoms with Gasteiger partial charge in [-0.05, 0) is 75.3 Å². The van der Waals surface area contributed by atoms with E-state index in [0.717, 1.165) is 9.91 Å². The molecule has 0 spiro atoms. The van der Waals surface area contributed by atoms with Crippen LogP contribution in [0.3, 0.4) is 0 Å². The summed E-state index contributed by atoms with van der Waals surface area (Å²) in [7, 11) is 0. The lowest BCUT2D eigenvalue weighted by Gasteiger charge is -2.32. The maximum absolute atomic E-state index is 14.1. The molecular weight excluding hydrogens is 989 g/mol. The molecule has 414 valence electrons. The molecule has 0 bridgehead atoms. The minimum absolute atomic E-state index is 0.0325. The lowest BCUT2D eigenvalue weighted by Crippen LogP contribution is -2.60. The maximum atomic E-state index is 14.1. The summed E-state index contributed by atoms with van der Waals surface area (Å²) in [6, 6.07) is 8.00. The Kier molecular flexibility index (Phi) is 22.5. The van der Waals surface area contributed by atoms with Crippen molar-refractivity contribution >= 4 is 65.3 Å². The highest BCUT2D eigenvalue weighted by Crippen LogP contribution is 2.26. The summed E-state index contributed by atoms with van der Waals surface area (Å²) in [5, 5.41) is 51.2. The molecule has 3 saturated heterocycles. The van der Waals surface area contributed by atoms with Gasteiger partial charge < -0.3 is 74.0 Å².